The van der Waals surface area contributed by atoms with E-state index in [1.807, 2.05) is 6.07 Å². The van der Waals surface area contributed by atoms with Crippen LogP contribution < -0.4 is 10.1 Å². The number of hydrogen-bond donors (Lipinski definition) is 1. The monoisotopic (exact) mass is 282 g/mol. The van der Waals surface area contributed by atoms with Crippen molar-refractivity contribution in [3.63, 3.8) is 0 Å². The van der Waals surface area contributed by atoms with Crippen LogP contribution in [0.5, 0.6) is 5.75 Å². The number of rotatable bonds is 3. The fourth-order valence-corrected chi connectivity index (χ4v) is 3.84. The largest absolute Gasteiger partial charge is 0.497 e. The molecule has 2 atom stereocenters. The summed E-state index contributed by atoms with van der Waals surface area (Å²) in [6.45, 7) is 5.99. The molecule has 2 aliphatic heterocycles. The minimum atomic E-state index is 0.870. The van der Waals surface area contributed by atoms with Gasteiger partial charge in [0.2, 0.25) is 0 Å². The molecule has 0 aromatic heterocycles. The lowest BCUT2D eigenvalue weighted by molar-refractivity contribution is 0.306. The Labute approximate surface area is 125 Å². The van der Waals surface area contributed by atoms with Crippen molar-refractivity contribution in [1.29, 1.82) is 0 Å². The molecule has 1 N–H and O–H groups in total. The summed E-state index contributed by atoms with van der Waals surface area (Å²) in [6, 6.07) is 13.1. The Kier molecular flexibility index (Phi) is 3.32. The van der Waals surface area contributed by atoms with E-state index < -0.39 is 0 Å². The van der Waals surface area contributed by atoms with Gasteiger partial charge in [-0.25, -0.2) is 0 Å². The summed E-state index contributed by atoms with van der Waals surface area (Å²) in [5, 5.41) is 6.06. The van der Waals surface area contributed by atoms with Gasteiger partial charge in [0.15, 0.2) is 0 Å². The Hall–Kier alpha value is -1.58. The van der Waals surface area contributed by atoms with Gasteiger partial charge < -0.3 is 10.1 Å². The number of nitrogens with zero attached hydrogens (tertiary/aromatic N) is 1. The third kappa shape index (κ3) is 2.52. The van der Waals surface area contributed by atoms with Crippen LogP contribution in [-0.4, -0.2) is 38.2 Å². The van der Waals surface area contributed by atoms with Crippen molar-refractivity contribution in [3.8, 4) is 5.75 Å². The average Bonchev–Trinajstić information content (AvgIpc) is 3.08. The SMILES string of the molecule is COc1ccc2cc(CN3CC4CNCC4C3)ccc2c1. The van der Waals surface area contributed by atoms with Crippen LogP contribution in [0.4, 0.5) is 0 Å². The van der Waals surface area contributed by atoms with E-state index in [0.29, 0.717) is 0 Å². The van der Waals surface area contributed by atoms with Gasteiger partial charge in [0.1, 0.15) is 5.75 Å². The molecular weight excluding hydrogens is 260 g/mol. The van der Waals surface area contributed by atoms with Gasteiger partial charge in [-0.1, -0.05) is 18.2 Å². The second kappa shape index (κ2) is 5.32. The first kappa shape index (κ1) is 13.1. The third-order valence-corrected chi connectivity index (χ3v) is 4.98. The van der Waals surface area contributed by atoms with Crippen molar-refractivity contribution in [2.24, 2.45) is 11.8 Å². The summed E-state index contributed by atoms with van der Waals surface area (Å²) in [5.41, 5.74) is 1.42. The average molecular weight is 282 g/mol. The van der Waals surface area contributed by atoms with Crippen molar-refractivity contribution in [1.82, 2.24) is 10.2 Å². The highest BCUT2D eigenvalue weighted by molar-refractivity contribution is 5.84. The minimum Gasteiger partial charge on any atom is -0.497 e. The maximum atomic E-state index is 5.29. The van der Waals surface area contributed by atoms with E-state index in [4.69, 9.17) is 4.74 Å². The molecule has 3 nitrogen and oxygen atoms in total. The summed E-state index contributed by atoms with van der Waals surface area (Å²) in [4.78, 5) is 2.61. The van der Waals surface area contributed by atoms with Gasteiger partial charge in [-0.3, -0.25) is 4.90 Å². The van der Waals surface area contributed by atoms with Gasteiger partial charge in [0, 0.05) is 19.6 Å². The molecule has 4 rings (SSSR count). The maximum absolute atomic E-state index is 5.29. The first-order valence-corrected chi connectivity index (χ1v) is 7.81. The lowest BCUT2D eigenvalue weighted by Gasteiger charge is -2.17. The van der Waals surface area contributed by atoms with Crippen LogP contribution in [0.25, 0.3) is 10.8 Å². The van der Waals surface area contributed by atoms with E-state index in [1.165, 1.54) is 42.5 Å². The standard InChI is InChI=1S/C18H22N2O/c1-21-18-5-4-14-6-13(2-3-15(14)7-18)10-20-11-16-8-19-9-17(16)12-20/h2-7,16-17,19H,8-12H2,1H3. The van der Waals surface area contributed by atoms with Crippen LogP contribution in [0.15, 0.2) is 36.4 Å². The van der Waals surface area contributed by atoms with Crippen LogP contribution in [0.1, 0.15) is 5.56 Å². The molecule has 0 bridgehead atoms. The molecular formula is C18H22N2O. The van der Waals surface area contributed by atoms with Gasteiger partial charge >= 0.3 is 0 Å². The second-order valence-corrected chi connectivity index (χ2v) is 6.42. The molecule has 0 radical (unpaired) electrons. The highest BCUT2D eigenvalue weighted by Crippen LogP contribution is 2.28. The zero-order chi connectivity index (χ0) is 14.2. The van der Waals surface area contributed by atoms with Crippen LogP contribution in [-0.2, 0) is 6.54 Å². The van der Waals surface area contributed by atoms with E-state index in [0.717, 1.165) is 24.1 Å². The molecule has 2 aromatic rings. The predicted octanol–water partition coefficient (Wildman–Crippen LogP) is 2.50. The van der Waals surface area contributed by atoms with Crippen molar-refractivity contribution < 1.29 is 4.74 Å². The van der Waals surface area contributed by atoms with Gasteiger partial charge in [-0.2, -0.15) is 0 Å². The number of fused-ring (bicyclic) bond motifs is 2. The highest BCUT2D eigenvalue weighted by Gasteiger charge is 2.35. The summed E-state index contributed by atoms with van der Waals surface area (Å²) >= 11 is 0. The van der Waals surface area contributed by atoms with E-state index in [-0.39, 0.29) is 0 Å². The molecule has 110 valence electrons. The number of methoxy groups -OCH3 is 1. The summed E-state index contributed by atoms with van der Waals surface area (Å²) in [5.74, 6) is 2.67. The second-order valence-electron chi connectivity index (χ2n) is 6.42. The Balaban J connectivity index is 1.52. The molecule has 0 spiro atoms. The number of likely N-dealkylation sites (tertiary alicyclic amines) is 1. The van der Waals surface area contributed by atoms with E-state index in [1.54, 1.807) is 7.11 Å². The zero-order valence-electron chi connectivity index (χ0n) is 12.5. The fourth-order valence-electron chi connectivity index (χ4n) is 3.84. The lowest BCUT2D eigenvalue weighted by Crippen LogP contribution is -2.25. The lowest BCUT2D eigenvalue weighted by atomic mass is 10.0. The molecule has 0 amide bonds. The van der Waals surface area contributed by atoms with Gasteiger partial charge in [0.25, 0.3) is 0 Å². The molecule has 2 aliphatic rings. The first-order valence-electron chi connectivity index (χ1n) is 7.81. The molecule has 2 saturated heterocycles. The molecule has 2 unspecified atom stereocenters. The topological polar surface area (TPSA) is 24.5 Å². The number of ether oxygens (including phenoxy) is 1. The summed E-state index contributed by atoms with van der Waals surface area (Å²) in [7, 11) is 1.72. The quantitative estimate of drug-likeness (QED) is 0.936. The number of hydrogen-bond acceptors (Lipinski definition) is 3. The Morgan fingerprint density at radius 3 is 2.52 bits per heavy atom. The molecule has 21 heavy (non-hydrogen) atoms. The first-order chi connectivity index (χ1) is 10.3. The van der Waals surface area contributed by atoms with Gasteiger partial charge in [-0.05, 0) is 59.5 Å². The van der Waals surface area contributed by atoms with Gasteiger partial charge in [0.05, 0.1) is 7.11 Å². The molecule has 2 heterocycles. The normalized spacial score (nSPS) is 25.4. The van der Waals surface area contributed by atoms with E-state index >= 15 is 0 Å². The van der Waals surface area contributed by atoms with E-state index in [9.17, 15) is 0 Å². The zero-order valence-corrected chi connectivity index (χ0v) is 12.5. The molecule has 3 heteroatoms. The summed E-state index contributed by atoms with van der Waals surface area (Å²) < 4.78 is 5.29. The predicted molar refractivity (Wildman–Crippen MR) is 85.6 cm³/mol. The molecule has 0 saturated carbocycles. The van der Waals surface area contributed by atoms with Crippen molar-refractivity contribution in [2.75, 3.05) is 33.3 Å². The Morgan fingerprint density at radius 2 is 1.76 bits per heavy atom. The van der Waals surface area contributed by atoms with E-state index in [2.05, 4.69) is 40.5 Å². The van der Waals surface area contributed by atoms with Crippen LogP contribution in [0.2, 0.25) is 0 Å². The summed E-state index contributed by atoms with van der Waals surface area (Å²) in [6.07, 6.45) is 0. The third-order valence-electron chi connectivity index (χ3n) is 4.98. The van der Waals surface area contributed by atoms with Crippen molar-refractivity contribution in [2.45, 2.75) is 6.54 Å². The van der Waals surface area contributed by atoms with Crippen LogP contribution in [0, 0.1) is 11.8 Å². The Morgan fingerprint density at radius 1 is 1.05 bits per heavy atom. The number of benzene rings is 2. The molecule has 2 aromatic carbocycles. The van der Waals surface area contributed by atoms with Crippen molar-refractivity contribution in [3.05, 3.63) is 42.0 Å². The highest BCUT2D eigenvalue weighted by atomic mass is 16.5. The smallest absolute Gasteiger partial charge is 0.119 e. The van der Waals surface area contributed by atoms with Crippen LogP contribution in [0.3, 0.4) is 0 Å². The van der Waals surface area contributed by atoms with Crippen LogP contribution >= 0.6 is 0 Å². The molecule has 2 fully saturated rings. The fraction of sp³-hybridized carbons (Fsp3) is 0.444. The van der Waals surface area contributed by atoms with Crippen molar-refractivity contribution >= 4 is 10.8 Å². The minimum absolute atomic E-state index is 0.870. The maximum Gasteiger partial charge on any atom is 0.119 e. The number of nitrogens with one attached hydrogen (secondary N) is 1. The Bertz CT molecular complexity index is 643. The molecule has 0 aliphatic carbocycles. The van der Waals surface area contributed by atoms with Gasteiger partial charge in [-0.15, -0.1) is 0 Å².